The molecular formula is C37H49ClN4O10S. The first-order valence-corrected chi connectivity index (χ1v) is 19.6. The normalized spacial score (nSPS) is 17.5. The number of halogens is 1. The van der Waals surface area contributed by atoms with Crippen LogP contribution in [-0.2, 0) is 27.0 Å². The van der Waals surface area contributed by atoms with E-state index in [1.807, 2.05) is 36.5 Å². The van der Waals surface area contributed by atoms with Gasteiger partial charge in [0.15, 0.2) is 0 Å². The maximum atomic E-state index is 13.5. The number of rotatable bonds is 21. The highest BCUT2D eigenvalue weighted by Gasteiger charge is 2.48. The van der Waals surface area contributed by atoms with Gasteiger partial charge in [0.05, 0.1) is 42.5 Å². The minimum atomic E-state index is -3.85. The molecule has 0 spiro atoms. The molecule has 0 bridgehead atoms. The number of hydrogen-bond donors (Lipinski definition) is 7. The number of nitrogens with zero attached hydrogens (tertiary/aromatic N) is 2. The molecule has 2 amide bonds. The average molecular weight is 777 g/mol. The Bertz CT molecular complexity index is 1790. The van der Waals surface area contributed by atoms with Crippen molar-refractivity contribution >= 4 is 27.7 Å². The van der Waals surface area contributed by atoms with Gasteiger partial charge in [-0.05, 0) is 80.0 Å². The van der Waals surface area contributed by atoms with Crippen LogP contribution < -0.4 is 15.4 Å². The molecule has 7 N–H and O–H groups in total. The second-order valence-corrected chi connectivity index (χ2v) is 16.0. The average Bonchev–Trinajstić information content (AvgIpc) is 4.11. The molecule has 14 nitrogen and oxygen atoms in total. The van der Waals surface area contributed by atoms with Gasteiger partial charge in [-0.25, -0.2) is 17.5 Å². The first-order chi connectivity index (χ1) is 25.4. The maximum absolute atomic E-state index is 13.5. The van der Waals surface area contributed by atoms with Crippen molar-refractivity contribution in [2.75, 3.05) is 33.4 Å². The van der Waals surface area contributed by atoms with Crippen LogP contribution in [0.5, 0.6) is 5.75 Å². The number of para-hydroxylation sites is 1. The van der Waals surface area contributed by atoms with Gasteiger partial charge in [0.2, 0.25) is 10.0 Å². The van der Waals surface area contributed by atoms with E-state index < -0.39 is 59.2 Å². The summed E-state index contributed by atoms with van der Waals surface area (Å²) < 4.78 is 41.0. The van der Waals surface area contributed by atoms with Crippen LogP contribution in [0.2, 0.25) is 5.02 Å². The Morgan fingerprint density at radius 2 is 1.77 bits per heavy atom. The molecule has 2 aliphatic rings. The number of pyridine rings is 1. The van der Waals surface area contributed by atoms with Gasteiger partial charge in [-0.2, -0.15) is 0 Å². The summed E-state index contributed by atoms with van der Waals surface area (Å²) in [6, 6.07) is 12.5. The first-order valence-electron chi connectivity index (χ1n) is 17.8. The van der Waals surface area contributed by atoms with E-state index >= 15 is 0 Å². The molecule has 16 heteroatoms. The monoisotopic (exact) mass is 776 g/mol. The van der Waals surface area contributed by atoms with Crippen LogP contribution in [0.25, 0.3) is 11.1 Å². The molecule has 0 unspecified atom stereocenters. The molecule has 53 heavy (non-hydrogen) atoms. The Balaban J connectivity index is 1.12. The van der Waals surface area contributed by atoms with Crippen LogP contribution in [0.1, 0.15) is 56.1 Å². The third-order valence-corrected chi connectivity index (χ3v) is 11.8. The molecule has 4 atom stereocenters. The number of aliphatic hydroxyl groups excluding tert-OH is 5. The van der Waals surface area contributed by atoms with Crippen molar-refractivity contribution < 1.29 is 48.2 Å². The number of unbranched alkanes of at least 4 members (excludes halogenated alkanes) is 2. The number of aromatic nitrogens is 1. The molecule has 0 radical (unpaired) electrons. The van der Waals surface area contributed by atoms with E-state index in [1.54, 1.807) is 18.3 Å². The lowest BCUT2D eigenvalue weighted by molar-refractivity contribution is -0.0902. The number of sulfonamides is 1. The van der Waals surface area contributed by atoms with Crippen molar-refractivity contribution in [3.05, 3.63) is 77.1 Å². The topological polar surface area (TPSA) is 211 Å². The molecule has 0 aliphatic heterocycles. The van der Waals surface area contributed by atoms with Gasteiger partial charge < -0.3 is 45.6 Å². The number of carbonyl (C=O) groups is 1. The van der Waals surface area contributed by atoms with Crippen molar-refractivity contribution in [3.8, 4) is 16.9 Å². The number of ether oxygens (including phenoxy) is 2. The second kappa shape index (κ2) is 18.3. The van der Waals surface area contributed by atoms with Crippen molar-refractivity contribution in [1.82, 2.24) is 19.9 Å². The summed E-state index contributed by atoms with van der Waals surface area (Å²) in [7, 11) is -2.35. The van der Waals surface area contributed by atoms with Crippen LogP contribution in [0, 0.1) is 0 Å². The van der Waals surface area contributed by atoms with Crippen LogP contribution >= 0.6 is 11.6 Å². The van der Waals surface area contributed by atoms with Crippen molar-refractivity contribution in [1.29, 1.82) is 0 Å². The van der Waals surface area contributed by atoms with E-state index in [0.717, 1.165) is 48.1 Å². The summed E-state index contributed by atoms with van der Waals surface area (Å²) in [4.78, 5) is 16.7. The van der Waals surface area contributed by atoms with Crippen molar-refractivity contribution in [2.45, 2.75) is 92.5 Å². The lowest BCUT2D eigenvalue weighted by Crippen LogP contribution is -2.56. The number of carbonyl (C=O) groups excluding carboxylic acids is 1. The number of nitrogens with one attached hydrogen (secondary N) is 2. The smallest absolute Gasteiger partial charge is 0.315 e. The Labute approximate surface area is 314 Å². The van der Waals surface area contributed by atoms with Gasteiger partial charge in [0.1, 0.15) is 24.1 Å². The molecule has 1 aromatic heterocycles. The van der Waals surface area contributed by atoms with E-state index in [1.165, 1.54) is 17.4 Å². The van der Waals surface area contributed by atoms with E-state index in [-0.39, 0.29) is 30.7 Å². The fourth-order valence-electron chi connectivity index (χ4n) is 5.96. The number of amides is 2. The van der Waals surface area contributed by atoms with Crippen LogP contribution in [0.15, 0.2) is 65.8 Å². The Hall–Kier alpha value is -3.38. The third kappa shape index (κ3) is 10.4. The maximum Gasteiger partial charge on any atom is 0.315 e. The SMILES string of the molecule is CN(CCCCCNC(=O)N[C@@H](CO)[C@@H](O)[C@H](O)[C@H](O)CO)S(=O)(=O)c1ccc(Cl)c(COC2(c3cnccc3-c3ccccc3OC3CC3)CC2)c1. The highest BCUT2D eigenvalue weighted by Crippen LogP contribution is 2.53. The van der Waals surface area contributed by atoms with Gasteiger partial charge in [-0.3, -0.25) is 4.98 Å². The zero-order valence-corrected chi connectivity index (χ0v) is 31.2. The zero-order valence-electron chi connectivity index (χ0n) is 29.6. The molecule has 2 saturated carbocycles. The summed E-state index contributed by atoms with van der Waals surface area (Å²) in [5, 5.41) is 53.1. The predicted molar refractivity (Wildman–Crippen MR) is 197 cm³/mol. The highest BCUT2D eigenvalue weighted by atomic mass is 35.5. The highest BCUT2D eigenvalue weighted by molar-refractivity contribution is 7.89. The predicted octanol–water partition coefficient (Wildman–Crippen LogP) is 2.68. The molecular weight excluding hydrogens is 728 g/mol. The number of aliphatic hydroxyl groups is 5. The third-order valence-electron chi connectivity index (χ3n) is 9.53. The Kier molecular flexibility index (Phi) is 14.1. The quantitative estimate of drug-likeness (QED) is 0.0782. The summed E-state index contributed by atoms with van der Waals surface area (Å²) in [6.07, 6.45) is 3.96. The summed E-state index contributed by atoms with van der Waals surface area (Å²) in [5.74, 6) is 0.827. The Morgan fingerprint density at radius 1 is 1.02 bits per heavy atom. The van der Waals surface area contributed by atoms with Crippen LogP contribution in [0.4, 0.5) is 4.79 Å². The molecule has 5 rings (SSSR count). The summed E-state index contributed by atoms with van der Waals surface area (Å²) >= 11 is 6.55. The molecule has 290 valence electrons. The Morgan fingerprint density at radius 3 is 2.47 bits per heavy atom. The van der Waals surface area contributed by atoms with Gasteiger partial charge >= 0.3 is 6.03 Å². The fourth-order valence-corrected chi connectivity index (χ4v) is 7.40. The first kappa shape index (κ1) is 40.8. The summed E-state index contributed by atoms with van der Waals surface area (Å²) in [6.45, 7) is -0.972. The largest absolute Gasteiger partial charge is 0.490 e. The lowest BCUT2D eigenvalue weighted by atomic mass is 9.96. The van der Waals surface area contributed by atoms with Crippen molar-refractivity contribution in [3.63, 3.8) is 0 Å². The second-order valence-electron chi connectivity index (χ2n) is 13.6. The van der Waals surface area contributed by atoms with Gasteiger partial charge in [-0.1, -0.05) is 36.2 Å². The molecule has 2 fully saturated rings. The number of urea groups is 1. The lowest BCUT2D eigenvalue weighted by Gasteiger charge is -2.28. The summed E-state index contributed by atoms with van der Waals surface area (Å²) in [5.41, 5.74) is 2.87. The number of benzene rings is 2. The van der Waals surface area contributed by atoms with Gasteiger partial charge in [0, 0.05) is 48.7 Å². The molecule has 2 aromatic carbocycles. The van der Waals surface area contributed by atoms with Crippen LogP contribution in [0.3, 0.4) is 0 Å². The van der Waals surface area contributed by atoms with E-state index in [4.69, 9.17) is 26.2 Å². The fraction of sp³-hybridized carbons (Fsp3) is 0.514. The number of hydrogen-bond acceptors (Lipinski definition) is 11. The van der Waals surface area contributed by atoms with E-state index in [9.17, 15) is 33.6 Å². The molecule has 2 aliphatic carbocycles. The molecule has 1 heterocycles. The minimum Gasteiger partial charge on any atom is -0.490 e. The molecule has 0 saturated heterocycles. The van der Waals surface area contributed by atoms with Crippen molar-refractivity contribution in [2.24, 2.45) is 0 Å². The minimum absolute atomic E-state index is 0.0941. The van der Waals surface area contributed by atoms with Crippen LogP contribution in [-0.4, -0.2) is 113 Å². The van der Waals surface area contributed by atoms with Gasteiger partial charge in [0.25, 0.3) is 0 Å². The zero-order chi connectivity index (χ0) is 38.2. The molecule has 3 aromatic rings. The standard InChI is InChI=1S/C37H49ClN4O10S/c1-42(18-6-2-5-16-40-36(48)41-31(21-43)34(46)35(47)32(45)22-44)53(49,50)26-11-12-30(38)24(19-26)23-51-37(14-15-37)29-20-39-17-13-27(29)28-7-3-4-8-33(28)52-25-9-10-25/h3-4,7-8,11-13,17,19-20,25,31-32,34-35,43-47H,2,5-6,9-10,14-16,18,21-23H2,1H3,(H2,40,41,48)/t31-,32+,34+,35+/m0/s1. The van der Waals surface area contributed by atoms with Gasteiger partial charge in [-0.15, -0.1) is 0 Å². The van der Waals surface area contributed by atoms with E-state index in [2.05, 4.69) is 15.6 Å². The van der Waals surface area contributed by atoms with E-state index in [0.29, 0.717) is 29.8 Å².